The van der Waals surface area contributed by atoms with Crippen LogP contribution < -0.4 is 0 Å². The molecule has 0 radical (unpaired) electrons. The minimum Gasteiger partial charge on any atom is -0.508 e. The molecule has 0 fully saturated rings. The molecule has 1 rings (SSSR count). The molecular formula is C12H18O3. The quantitative estimate of drug-likeness (QED) is 0.759. The molecule has 0 saturated heterocycles. The number of rotatable bonds is 5. The SMILES string of the molecule is CC(C)O[C@H](C)OCc1ccc(O)cc1. The minimum atomic E-state index is -0.209. The summed E-state index contributed by atoms with van der Waals surface area (Å²) in [5.74, 6) is 0.269. The monoisotopic (exact) mass is 210 g/mol. The van der Waals surface area contributed by atoms with Gasteiger partial charge in [-0.1, -0.05) is 12.1 Å². The molecule has 0 aliphatic heterocycles. The third kappa shape index (κ3) is 4.81. The standard InChI is InChI=1S/C12H18O3/c1-9(2)15-10(3)14-8-11-4-6-12(13)7-5-11/h4-7,9-10,13H,8H2,1-3H3/t10-/m1/s1. The zero-order valence-corrected chi connectivity index (χ0v) is 9.43. The summed E-state index contributed by atoms with van der Waals surface area (Å²) in [7, 11) is 0. The molecular weight excluding hydrogens is 192 g/mol. The van der Waals surface area contributed by atoms with Crippen molar-refractivity contribution in [1.29, 1.82) is 0 Å². The minimum absolute atomic E-state index is 0.166. The van der Waals surface area contributed by atoms with Crippen LogP contribution >= 0.6 is 0 Å². The van der Waals surface area contributed by atoms with Gasteiger partial charge in [0.25, 0.3) is 0 Å². The van der Waals surface area contributed by atoms with Gasteiger partial charge in [-0.2, -0.15) is 0 Å². The van der Waals surface area contributed by atoms with Gasteiger partial charge in [-0.3, -0.25) is 0 Å². The van der Waals surface area contributed by atoms with Gasteiger partial charge in [-0.25, -0.2) is 0 Å². The maximum Gasteiger partial charge on any atom is 0.155 e. The van der Waals surface area contributed by atoms with Crippen molar-refractivity contribution in [2.24, 2.45) is 0 Å². The zero-order valence-electron chi connectivity index (χ0n) is 9.43. The number of phenolic OH excluding ortho intramolecular Hbond substituents is 1. The molecule has 0 amide bonds. The first kappa shape index (κ1) is 12.0. The molecule has 1 atom stereocenters. The highest BCUT2D eigenvalue weighted by Crippen LogP contribution is 2.11. The van der Waals surface area contributed by atoms with Crippen molar-refractivity contribution in [3.05, 3.63) is 29.8 Å². The van der Waals surface area contributed by atoms with E-state index in [1.165, 1.54) is 0 Å². The van der Waals surface area contributed by atoms with E-state index in [0.717, 1.165) is 5.56 Å². The Balaban J connectivity index is 2.33. The maximum atomic E-state index is 9.09. The molecule has 1 N–H and O–H groups in total. The van der Waals surface area contributed by atoms with E-state index < -0.39 is 0 Å². The van der Waals surface area contributed by atoms with Crippen molar-refractivity contribution in [3.8, 4) is 5.75 Å². The highest BCUT2D eigenvalue weighted by atomic mass is 16.7. The van der Waals surface area contributed by atoms with Crippen molar-refractivity contribution in [2.45, 2.75) is 39.8 Å². The Hall–Kier alpha value is -1.06. The summed E-state index contributed by atoms with van der Waals surface area (Å²) in [5, 5.41) is 9.09. The lowest BCUT2D eigenvalue weighted by Crippen LogP contribution is -2.17. The summed E-state index contributed by atoms with van der Waals surface area (Å²) in [6.07, 6.45) is -0.0429. The largest absolute Gasteiger partial charge is 0.508 e. The fourth-order valence-corrected chi connectivity index (χ4v) is 1.23. The van der Waals surface area contributed by atoms with Gasteiger partial charge in [-0.05, 0) is 38.5 Å². The van der Waals surface area contributed by atoms with Gasteiger partial charge in [0, 0.05) is 0 Å². The van der Waals surface area contributed by atoms with Crippen molar-refractivity contribution >= 4 is 0 Å². The van der Waals surface area contributed by atoms with Gasteiger partial charge in [0.15, 0.2) is 6.29 Å². The fourth-order valence-electron chi connectivity index (χ4n) is 1.23. The molecule has 0 bridgehead atoms. The molecule has 0 aliphatic carbocycles. The van der Waals surface area contributed by atoms with Crippen molar-refractivity contribution < 1.29 is 14.6 Å². The van der Waals surface area contributed by atoms with E-state index in [9.17, 15) is 0 Å². The number of benzene rings is 1. The lowest BCUT2D eigenvalue weighted by Gasteiger charge is -2.16. The van der Waals surface area contributed by atoms with Gasteiger partial charge in [0.2, 0.25) is 0 Å². The third-order valence-corrected chi connectivity index (χ3v) is 1.88. The number of hydrogen-bond donors (Lipinski definition) is 1. The van der Waals surface area contributed by atoms with Gasteiger partial charge < -0.3 is 14.6 Å². The van der Waals surface area contributed by atoms with Gasteiger partial charge >= 0.3 is 0 Å². The van der Waals surface area contributed by atoms with E-state index in [0.29, 0.717) is 6.61 Å². The van der Waals surface area contributed by atoms with Crippen LogP contribution in [-0.2, 0) is 16.1 Å². The van der Waals surface area contributed by atoms with E-state index in [-0.39, 0.29) is 18.1 Å². The average Bonchev–Trinajstić information content (AvgIpc) is 2.16. The first-order chi connectivity index (χ1) is 7.08. The topological polar surface area (TPSA) is 38.7 Å². The Morgan fingerprint density at radius 2 is 1.73 bits per heavy atom. The molecule has 3 nitrogen and oxygen atoms in total. The number of hydrogen-bond acceptors (Lipinski definition) is 3. The van der Waals surface area contributed by atoms with Crippen molar-refractivity contribution in [2.75, 3.05) is 0 Å². The lowest BCUT2D eigenvalue weighted by molar-refractivity contribution is -0.157. The molecule has 84 valence electrons. The molecule has 1 aromatic rings. The van der Waals surface area contributed by atoms with E-state index in [2.05, 4.69) is 0 Å². The second kappa shape index (κ2) is 5.73. The second-order valence-corrected chi connectivity index (χ2v) is 3.73. The number of phenols is 1. The predicted molar refractivity (Wildman–Crippen MR) is 58.6 cm³/mol. The Morgan fingerprint density at radius 1 is 1.13 bits per heavy atom. The summed E-state index contributed by atoms with van der Waals surface area (Å²) >= 11 is 0. The van der Waals surface area contributed by atoms with Crippen LogP contribution in [0.2, 0.25) is 0 Å². The molecule has 3 heteroatoms. The van der Waals surface area contributed by atoms with Gasteiger partial charge in [-0.15, -0.1) is 0 Å². The lowest BCUT2D eigenvalue weighted by atomic mass is 10.2. The molecule has 0 spiro atoms. The maximum absolute atomic E-state index is 9.09. The summed E-state index contributed by atoms with van der Waals surface area (Å²) in [4.78, 5) is 0. The van der Waals surface area contributed by atoms with E-state index in [4.69, 9.17) is 14.6 Å². The molecule has 0 aliphatic rings. The summed E-state index contributed by atoms with van der Waals surface area (Å²) < 4.78 is 10.9. The molecule has 0 saturated carbocycles. The van der Waals surface area contributed by atoms with Crippen LogP contribution in [0, 0.1) is 0 Å². The third-order valence-electron chi connectivity index (χ3n) is 1.88. The Morgan fingerprint density at radius 3 is 2.27 bits per heavy atom. The van der Waals surface area contributed by atoms with Crippen LogP contribution in [0.4, 0.5) is 0 Å². The molecule has 1 aromatic carbocycles. The molecule has 0 unspecified atom stereocenters. The van der Waals surface area contributed by atoms with E-state index >= 15 is 0 Å². The Kier molecular flexibility index (Phi) is 4.59. The highest BCUT2D eigenvalue weighted by Gasteiger charge is 2.04. The first-order valence-electron chi connectivity index (χ1n) is 5.13. The van der Waals surface area contributed by atoms with Crippen molar-refractivity contribution in [1.82, 2.24) is 0 Å². The second-order valence-electron chi connectivity index (χ2n) is 3.73. The molecule has 0 heterocycles. The molecule has 15 heavy (non-hydrogen) atoms. The van der Waals surface area contributed by atoms with Crippen LogP contribution in [-0.4, -0.2) is 17.5 Å². The smallest absolute Gasteiger partial charge is 0.155 e. The van der Waals surface area contributed by atoms with E-state index in [1.54, 1.807) is 12.1 Å². The zero-order chi connectivity index (χ0) is 11.3. The van der Waals surface area contributed by atoms with Crippen molar-refractivity contribution in [3.63, 3.8) is 0 Å². The van der Waals surface area contributed by atoms with E-state index in [1.807, 2.05) is 32.9 Å². The van der Waals surface area contributed by atoms with Crippen LogP contribution in [0.3, 0.4) is 0 Å². The summed E-state index contributed by atoms with van der Waals surface area (Å²) in [6.45, 7) is 6.31. The number of ether oxygens (including phenoxy) is 2. The summed E-state index contributed by atoms with van der Waals surface area (Å²) in [5.41, 5.74) is 1.02. The Labute approximate surface area is 90.6 Å². The van der Waals surface area contributed by atoms with Crippen LogP contribution in [0.5, 0.6) is 5.75 Å². The van der Waals surface area contributed by atoms with Gasteiger partial charge in [0.1, 0.15) is 5.75 Å². The average molecular weight is 210 g/mol. The number of aromatic hydroxyl groups is 1. The highest BCUT2D eigenvalue weighted by molar-refractivity contribution is 5.25. The van der Waals surface area contributed by atoms with Crippen LogP contribution in [0.15, 0.2) is 24.3 Å². The fraction of sp³-hybridized carbons (Fsp3) is 0.500. The van der Waals surface area contributed by atoms with Crippen LogP contribution in [0.1, 0.15) is 26.3 Å². The first-order valence-corrected chi connectivity index (χ1v) is 5.13. The van der Waals surface area contributed by atoms with Gasteiger partial charge in [0.05, 0.1) is 12.7 Å². The summed E-state index contributed by atoms with van der Waals surface area (Å²) in [6, 6.07) is 6.95. The molecule has 0 aromatic heterocycles. The Bertz CT molecular complexity index is 279. The van der Waals surface area contributed by atoms with Crippen LogP contribution in [0.25, 0.3) is 0 Å². The normalized spacial score (nSPS) is 13.1. The predicted octanol–water partition coefficient (Wildman–Crippen LogP) is 2.68.